The minimum atomic E-state index is -0.0951. The van der Waals surface area contributed by atoms with Crippen LogP contribution in [0.15, 0.2) is 42.5 Å². The maximum absolute atomic E-state index is 12.2. The van der Waals surface area contributed by atoms with Gasteiger partial charge in [0.2, 0.25) is 11.8 Å². The molecule has 2 aromatic carbocycles. The highest BCUT2D eigenvalue weighted by atomic mass is 16.5. The molecular weight excluding hydrogens is 304 g/mol. The molecule has 0 saturated heterocycles. The van der Waals surface area contributed by atoms with E-state index in [-0.39, 0.29) is 11.8 Å². The van der Waals surface area contributed by atoms with Gasteiger partial charge in [-0.2, -0.15) is 0 Å². The van der Waals surface area contributed by atoms with E-state index in [1.54, 1.807) is 30.1 Å². The molecule has 0 atom stereocenters. The van der Waals surface area contributed by atoms with E-state index in [4.69, 9.17) is 4.74 Å². The summed E-state index contributed by atoms with van der Waals surface area (Å²) in [5.74, 6) is 0.555. The molecule has 3 rings (SSSR count). The highest BCUT2D eigenvalue weighted by Gasteiger charge is 2.20. The Labute approximate surface area is 141 Å². The lowest BCUT2D eigenvalue weighted by Gasteiger charge is -2.17. The molecule has 0 saturated carbocycles. The number of amides is 2. The molecule has 124 valence electrons. The van der Waals surface area contributed by atoms with Gasteiger partial charge in [0.05, 0.1) is 25.1 Å². The molecule has 2 amide bonds. The van der Waals surface area contributed by atoms with Gasteiger partial charge in [-0.3, -0.25) is 9.59 Å². The number of rotatable bonds is 3. The zero-order valence-corrected chi connectivity index (χ0v) is 13.8. The molecule has 2 aromatic rings. The number of hydrogen-bond acceptors (Lipinski definition) is 3. The van der Waals surface area contributed by atoms with Crippen molar-refractivity contribution in [2.24, 2.45) is 0 Å². The van der Waals surface area contributed by atoms with E-state index in [1.807, 2.05) is 31.2 Å². The minimum Gasteiger partial charge on any atom is -0.491 e. The zero-order chi connectivity index (χ0) is 17.1. The number of benzene rings is 2. The van der Waals surface area contributed by atoms with Gasteiger partial charge in [0, 0.05) is 12.7 Å². The van der Waals surface area contributed by atoms with Gasteiger partial charge >= 0.3 is 0 Å². The summed E-state index contributed by atoms with van der Waals surface area (Å²) < 4.78 is 5.58. The lowest BCUT2D eigenvalue weighted by atomic mass is 10.1. The van der Waals surface area contributed by atoms with Crippen LogP contribution in [0.4, 0.5) is 11.4 Å². The Morgan fingerprint density at radius 3 is 2.71 bits per heavy atom. The van der Waals surface area contributed by atoms with Crippen LogP contribution in [0.5, 0.6) is 5.75 Å². The van der Waals surface area contributed by atoms with Crippen molar-refractivity contribution in [1.82, 2.24) is 0 Å². The summed E-state index contributed by atoms with van der Waals surface area (Å²) in [5, 5.41) is 2.88. The second kappa shape index (κ2) is 6.74. The number of hydrogen-bond donors (Lipinski definition) is 1. The van der Waals surface area contributed by atoms with Crippen molar-refractivity contribution >= 4 is 23.2 Å². The number of fused-ring (bicyclic) bond motifs is 1. The summed E-state index contributed by atoms with van der Waals surface area (Å²) in [6.07, 6.45) is 0.656. The fourth-order valence-electron chi connectivity index (χ4n) is 2.63. The third-order valence-corrected chi connectivity index (χ3v) is 4.04. The van der Waals surface area contributed by atoms with E-state index in [9.17, 15) is 9.59 Å². The number of nitrogens with one attached hydrogen (secondary N) is 1. The fraction of sp³-hybridized carbons (Fsp3) is 0.263. The molecule has 24 heavy (non-hydrogen) atoms. The van der Waals surface area contributed by atoms with Crippen molar-refractivity contribution in [3.05, 3.63) is 53.6 Å². The molecule has 0 aliphatic carbocycles. The van der Waals surface area contributed by atoms with Gasteiger partial charge in [-0.15, -0.1) is 0 Å². The first kappa shape index (κ1) is 16.1. The molecule has 1 aliphatic heterocycles. The molecule has 5 heteroatoms. The van der Waals surface area contributed by atoms with E-state index < -0.39 is 0 Å². The summed E-state index contributed by atoms with van der Waals surface area (Å²) in [7, 11) is 1.72. The first-order valence-corrected chi connectivity index (χ1v) is 7.92. The van der Waals surface area contributed by atoms with Gasteiger partial charge in [-0.25, -0.2) is 0 Å². The summed E-state index contributed by atoms with van der Waals surface area (Å²) in [6.45, 7) is 2.38. The van der Waals surface area contributed by atoms with Crippen molar-refractivity contribution in [1.29, 1.82) is 0 Å². The first-order valence-electron chi connectivity index (χ1n) is 7.92. The van der Waals surface area contributed by atoms with Gasteiger partial charge in [0.15, 0.2) is 0 Å². The molecule has 0 aromatic heterocycles. The molecular formula is C19H20N2O3. The first-order chi connectivity index (χ1) is 11.5. The second-order valence-corrected chi connectivity index (χ2v) is 5.94. The van der Waals surface area contributed by atoms with Crippen LogP contribution in [0.25, 0.3) is 0 Å². The molecule has 0 radical (unpaired) electrons. The third kappa shape index (κ3) is 3.56. The van der Waals surface area contributed by atoms with Crippen molar-refractivity contribution in [3.63, 3.8) is 0 Å². The van der Waals surface area contributed by atoms with Crippen LogP contribution in [0, 0.1) is 6.92 Å². The molecule has 0 fully saturated rings. The Hall–Kier alpha value is -2.82. The van der Waals surface area contributed by atoms with Crippen molar-refractivity contribution in [2.75, 3.05) is 23.9 Å². The van der Waals surface area contributed by atoms with Gasteiger partial charge in [-0.1, -0.05) is 29.8 Å². The number of anilines is 2. The Morgan fingerprint density at radius 2 is 1.96 bits per heavy atom. The van der Waals surface area contributed by atoms with Crippen LogP contribution in [0.1, 0.15) is 17.5 Å². The molecule has 1 aliphatic rings. The van der Waals surface area contributed by atoms with Crippen molar-refractivity contribution < 1.29 is 14.3 Å². The lowest BCUT2D eigenvalue weighted by Crippen LogP contribution is -2.25. The third-order valence-electron chi connectivity index (χ3n) is 4.04. The average molecular weight is 324 g/mol. The zero-order valence-electron chi connectivity index (χ0n) is 13.8. The molecule has 1 N–H and O–H groups in total. The number of aryl methyl sites for hydroxylation is 1. The Bertz CT molecular complexity index is 769. The SMILES string of the molecule is Cc1ccc(CC(=O)Nc2ccc3c(c2)N(C)C(=O)CCO3)cc1. The maximum atomic E-state index is 12.2. The quantitative estimate of drug-likeness (QED) is 0.944. The molecule has 0 spiro atoms. The molecule has 0 bridgehead atoms. The van der Waals surface area contributed by atoms with Gasteiger partial charge < -0.3 is 15.0 Å². The Kier molecular flexibility index (Phi) is 4.51. The van der Waals surface area contributed by atoms with Crippen LogP contribution in [-0.2, 0) is 16.0 Å². The maximum Gasteiger partial charge on any atom is 0.230 e. The monoisotopic (exact) mass is 324 g/mol. The summed E-state index contributed by atoms with van der Waals surface area (Å²) in [4.78, 5) is 25.7. The standard InChI is InChI=1S/C19H20N2O3/c1-13-3-5-14(6-4-13)11-18(22)20-15-7-8-17-16(12-15)21(2)19(23)9-10-24-17/h3-8,12H,9-11H2,1-2H3,(H,20,22). The van der Waals surface area contributed by atoms with E-state index in [0.717, 1.165) is 11.1 Å². The minimum absolute atomic E-state index is 0.00289. The molecule has 0 unspecified atom stereocenters. The van der Waals surface area contributed by atoms with E-state index in [1.165, 1.54) is 0 Å². The lowest BCUT2D eigenvalue weighted by molar-refractivity contribution is -0.118. The van der Waals surface area contributed by atoms with E-state index >= 15 is 0 Å². The van der Waals surface area contributed by atoms with Gasteiger partial charge in [0.1, 0.15) is 5.75 Å². The fourth-order valence-corrected chi connectivity index (χ4v) is 2.63. The van der Waals surface area contributed by atoms with Crippen LogP contribution < -0.4 is 15.0 Å². The van der Waals surface area contributed by atoms with E-state index in [2.05, 4.69) is 5.32 Å². The van der Waals surface area contributed by atoms with Crippen LogP contribution in [0.2, 0.25) is 0 Å². The van der Waals surface area contributed by atoms with E-state index in [0.29, 0.717) is 36.6 Å². The summed E-state index contributed by atoms with van der Waals surface area (Å²) >= 11 is 0. The number of carbonyl (C=O) groups is 2. The van der Waals surface area contributed by atoms with Crippen LogP contribution in [0.3, 0.4) is 0 Å². The van der Waals surface area contributed by atoms with Gasteiger partial charge in [-0.05, 0) is 30.7 Å². The topological polar surface area (TPSA) is 58.6 Å². The van der Waals surface area contributed by atoms with Crippen molar-refractivity contribution in [3.8, 4) is 5.75 Å². The highest BCUT2D eigenvalue weighted by Crippen LogP contribution is 2.33. The number of carbonyl (C=O) groups excluding carboxylic acids is 2. The number of ether oxygens (including phenoxy) is 1. The average Bonchev–Trinajstić information content (AvgIpc) is 2.70. The summed E-state index contributed by atoms with van der Waals surface area (Å²) in [5.41, 5.74) is 3.45. The molecule has 5 nitrogen and oxygen atoms in total. The smallest absolute Gasteiger partial charge is 0.230 e. The Morgan fingerprint density at radius 1 is 1.21 bits per heavy atom. The Balaban J connectivity index is 1.73. The normalized spacial score (nSPS) is 13.8. The predicted molar refractivity (Wildman–Crippen MR) is 93.5 cm³/mol. The number of nitrogens with zero attached hydrogens (tertiary/aromatic N) is 1. The summed E-state index contributed by atoms with van der Waals surface area (Å²) in [6, 6.07) is 13.2. The molecule has 1 heterocycles. The predicted octanol–water partition coefficient (Wildman–Crippen LogP) is 2.92. The highest BCUT2D eigenvalue weighted by molar-refractivity contribution is 5.97. The largest absolute Gasteiger partial charge is 0.491 e. The second-order valence-electron chi connectivity index (χ2n) is 5.94. The van der Waals surface area contributed by atoms with Crippen molar-refractivity contribution in [2.45, 2.75) is 19.8 Å². The van der Waals surface area contributed by atoms with Crippen LogP contribution >= 0.6 is 0 Å². The van der Waals surface area contributed by atoms with Crippen LogP contribution in [-0.4, -0.2) is 25.5 Å². The van der Waals surface area contributed by atoms with Gasteiger partial charge in [0.25, 0.3) is 0 Å².